The molecule has 6 heteroatoms. The molecule has 1 fully saturated rings. The molecule has 3 rings (SSSR count). The number of benzene rings is 1. The van der Waals surface area contributed by atoms with E-state index in [1.165, 1.54) is 12.1 Å². The second kappa shape index (κ2) is 4.70. The first kappa shape index (κ1) is 13.3. The quantitative estimate of drug-likeness (QED) is 0.915. The first-order valence-corrected chi connectivity index (χ1v) is 6.43. The van der Waals surface area contributed by atoms with Gasteiger partial charge in [0, 0.05) is 11.5 Å². The average Bonchev–Trinajstić information content (AvgIpc) is 3.13. The summed E-state index contributed by atoms with van der Waals surface area (Å²) in [5.74, 6) is 1.07. The Kier molecular flexibility index (Phi) is 3.12. The van der Waals surface area contributed by atoms with Gasteiger partial charge in [0.25, 0.3) is 0 Å². The summed E-state index contributed by atoms with van der Waals surface area (Å²) in [5.41, 5.74) is 4.15. The maximum absolute atomic E-state index is 12.4. The minimum absolute atomic E-state index is 0.197. The molecule has 0 aromatic heterocycles. The third-order valence-electron chi connectivity index (χ3n) is 3.51. The largest absolute Gasteiger partial charge is 0.573 e. The van der Waals surface area contributed by atoms with E-state index in [4.69, 9.17) is 4.84 Å². The highest BCUT2D eigenvalue weighted by atomic mass is 19.4. The van der Waals surface area contributed by atoms with E-state index in [1.807, 2.05) is 6.92 Å². The summed E-state index contributed by atoms with van der Waals surface area (Å²) in [7, 11) is 0. The number of allylic oxidation sites excluding steroid dienone is 1. The third-order valence-corrected chi connectivity index (χ3v) is 3.51. The summed E-state index contributed by atoms with van der Waals surface area (Å²) in [6.07, 6.45) is -2.56. The van der Waals surface area contributed by atoms with E-state index in [2.05, 4.69) is 10.2 Å². The lowest BCUT2D eigenvalue weighted by molar-refractivity contribution is -0.275. The number of nitrogens with one attached hydrogen (secondary N) is 1. The van der Waals surface area contributed by atoms with Gasteiger partial charge in [0.05, 0.1) is 6.04 Å². The number of rotatable bonds is 3. The highest BCUT2D eigenvalue weighted by molar-refractivity contribution is 5.42. The molecular formula is C14H14F3NO2. The van der Waals surface area contributed by atoms with Gasteiger partial charge in [-0.3, -0.25) is 0 Å². The van der Waals surface area contributed by atoms with Gasteiger partial charge < -0.3 is 9.57 Å². The lowest BCUT2D eigenvalue weighted by Gasteiger charge is -2.17. The van der Waals surface area contributed by atoms with Crippen LogP contribution in [0, 0.1) is 5.92 Å². The van der Waals surface area contributed by atoms with Crippen LogP contribution in [-0.2, 0) is 4.84 Å². The standard InChI is InChI=1S/C14H14F3NO2/c1-8-12(18-20-13(8)9-6-7-9)10-4-2-3-5-11(10)19-14(15,16)17/h2-5,9,12,18H,6-7H2,1H3. The summed E-state index contributed by atoms with van der Waals surface area (Å²) in [6, 6.07) is 5.72. The molecule has 1 N–H and O–H groups in total. The van der Waals surface area contributed by atoms with E-state index in [-0.39, 0.29) is 5.75 Å². The number of halogens is 3. The molecule has 108 valence electrons. The maximum Gasteiger partial charge on any atom is 0.573 e. The van der Waals surface area contributed by atoms with Crippen molar-refractivity contribution in [3.05, 3.63) is 41.2 Å². The molecule has 0 radical (unpaired) electrons. The van der Waals surface area contributed by atoms with E-state index in [9.17, 15) is 13.2 Å². The van der Waals surface area contributed by atoms with Crippen molar-refractivity contribution in [3.8, 4) is 5.75 Å². The van der Waals surface area contributed by atoms with Crippen molar-refractivity contribution in [1.29, 1.82) is 0 Å². The summed E-state index contributed by atoms with van der Waals surface area (Å²) in [6.45, 7) is 1.88. The van der Waals surface area contributed by atoms with Crippen LogP contribution in [0.2, 0.25) is 0 Å². The van der Waals surface area contributed by atoms with Crippen LogP contribution in [0.3, 0.4) is 0 Å². The molecule has 1 saturated carbocycles. The molecule has 1 aliphatic heterocycles. The second-order valence-electron chi connectivity index (χ2n) is 5.06. The first-order chi connectivity index (χ1) is 9.46. The summed E-state index contributed by atoms with van der Waals surface area (Å²) in [4.78, 5) is 5.43. The monoisotopic (exact) mass is 285 g/mol. The van der Waals surface area contributed by atoms with Gasteiger partial charge in [0.2, 0.25) is 0 Å². The Morgan fingerprint density at radius 2 is 1.95 bits per heavy atom. The molecule has 3 nitrogen and oxygen atoms in total. The molecule has 1 aromatic rings. The molecule has 1 aromatic carbocycles. The molecule has 20 heavy (non-hydrogen) atoms. The van der Waals surface area contributed by atoms with Crippen LogP contribution < -0.4 is 10.2 Å². The Bertz CT molecular complexity index is 550. The van der Waals surface area contributed by atoms with Crippen LogP contribution in [-0.4, -0.2) is 6.36 Å². The van der Waals surface area contributed by atoms with Crippen molar-refractivity contribution in [2.24, 2.45) is 5.92 Å². The number of hydroxylamine groups is 1. The Morgan fingerprint density at radius 3 is 2.60 bits per heavy atom. The Balaban J connectivity index is 1.91. The Hall–Kier alpha value is -1.69. The van der Waals surface area contributed by atoms with Crippen molar-refractivity contribution in [2.45, 2.75) is 32.2 Å². The normalized spacial score (nSPS) is 22.9. The van der Waals surface area contributed by atoms with E-state index in [1.54, 1.807) is 12.1 Å². The van der Waals surface area contributed by atoms with Gasteiger partial charge in [-0.05, 0) is 31.4 Å². The average molecular weight is 285 g/mol. The minimum Gasteiger partial charge on any atom is -0.412 e. The van der Waals surface area contributed by atoms with Crippen molar-refractivity contribution in [1.82, 2.24) is 5.48 Å². The van der Waals surface area contributed by atoms with Crippen molar-refractivity contribution in [2.75, 3.05) is 0 Å². The van der Waals surface area contributed by atoms with Crippen molar-refractivity contribution >= 4 is 0 Å². The molecule has 1 atom stereocenters. The third kappa shape index (κ3) is 2.60. The molecule has 0 spiro atoms. The van der Waals surface area contributed by atoms with Crippen LogP contribution in [0.1, 0.15) is 31.4 Å². The SMILES string of the molecule is CC1=C(C2CC2)ONC1c1ccccc1OC(F)(F)F. The lowest BCUT2D eigenvalue weighted by Crippen LogP contribution is -2.21. The van der Waals surface area contributed by atoms with Crippen LogP contribution >= 0.6 is 0 Å². The molecule has 1 heterocycles. The van der Waals surface area contributed by atoms with Crippen molar-refractivity contribution in [3.63, 3.8) is 0 Å². The summed E-state index contributed by atoms with van der Waals surface area (Å²) in [5, 5.41) is 0. The Morgan fingerprint density at radius 1 is 1.25 bits per heavy atom. The number of hydrogen-bond donors (Lipinski definition) is 1. The summed E-state index contributed by atoms with van der Waals surface area (Å²) < 4.78 is 41.4. The smallest absolute Gasteiger partial charge is 0.412 e. The first-order valence-electron chi connectivity index (χ1n) is 6.43. The second-order valence-corrected chi connectivity index (χ2v) is 5.06. The maximum atomic E-state index is 12.4. The van der Waals surface area contributed by atoms with Crippen LogP contribution in [0.25, 0.3) is 0 Å². The van der Waals surface area contributed by atoms with Gasteiger partial charge in [-0.2, -0.15) is 0 Å². The molecule has 0 amide bonds. The van der Waals surface area contributed by atoms with E-state index >= 15 is 0 Å². The predicted octanol–water partition coefficient (Wildman–Crippen LogP) is 3.85. The zero-order valence-corrected chi connectivity index (χ0v) is 10.8. The van der Waals surface area contributed by atoms with Gasteiger partial charge in [0.1, 0.15) is 11.5 Å². The molecule has 0 saturated heterocycles. The lowest BCUT2D eigenvalue weighted by atomic mass is 9.98. The Labute approximate surface area is 114 Å². The fourth-order valence-electron chi connectivity index (χ4n) is 2.42. The van der Waals surface area contributed by atoms with Crippen LogP contribution in [0.5, 0.6) is 5.75 Å². The topological polar surface area (TPSA) is 30.5 Å². The van der Waals surface area contributed by atoms with Gasteiger partial charge in [0.15, 0.2) is 0 Å². The molecule has 1 aliphatic carbocycles. The predicted molar refractivity (Wildman–Crippen MR) is 65.5 cm³/mol. The van der Waals surface area contributed by atoms with E-state index < -0.39 is 12.4 Å². The van der Waals surface area contributed by atoms with E-state index in [0.717, 1.165) is 24.2 Å². The van der Waals surface area contributed by atoms with Gasteiger partial charge >= 0.3 is 6.36 Å². The highest BCUT2D eigenvalue weighted by Gasteiger charge is 2.38. The number of para-hydroxylation sites is 1. The highest BCUT2D eigenvalue weighted by Crippen LogP contribution is 2.45. The molecule has 0 bridgehead atoms. The molecule has 1 unspecified atom stereocenters. The summed E-state index contributed by atoms with van der Waals surface area (Å²) >= 11 is 0. The zero-order valence-electron chi connectivity index (χ0n) is 10.8. The van der Waals surface area contributed by atoms with E-state index in [0.29, 0.717) is 11.5 Å². The molecule has 2 aliphatic rings. The van der Waals surface area contributed by atoms with Crippen LogP contribution in [0.4, 0.5) is 13.2 Å². The number of ether oxygens (including phenoxy) is 1. The van der Waals surface area contributed by atoms with Gasteiger partial charge in [-0.25, -0.2) is 0 Å². The fraction of sp³-hybridized carbons (Fsp3) is 0.429. The number of hydrogen-bond acceptors (Lipinski definition) is 3. The minimum atomic E-state index is -4.70. The van der Waals surface area contributed by atoms with Crippen molar-refractivity contribution < 1.29 is 22.7 Å². The van der Waals surface area contributed by atoms with Gasteiger partial charge in [-0.1, -0.05) is 18.2 Å². The molecular weight excluding hydrogens is 271 g/mol. The van der Waals surface area contributed by atoms with Crippen LogP contribution in [0.15, 0.2) is 35.6 Å². The number of alkyl halides is 3. The zero-order chi connectivity index (χ0) is 14.3. The fourth-order valence-corrected chi connectivity index (χ4v) is 2.42. The van der Waals surface area contributed by atoms with Gasteiger partial charge in [-0.15, -0.1) is 18.7 Å².